The maximum Gasteiger partial charge on any atom is 0.119 e. The molecule has 1 aliphatic carbocycles. The molecule has 6 nitrogen and oxygen atoms in total. The second-order valence-electron chi connectivity index (χ2n) is 7.37. The van der Waals surface area contributed by atoms with Crippen LogP contribution in [0.4, 0.5) is 5.69 Å². The van der Waals surface area contributed by atoms with Crippen molar-refractivity contribution in [2.45, 2.75) is 31.7 Å². The lowest BCUT2D eigenvalue weighted by atomic mass is 10.1. The summed E-state index contributed by atoms with van der Waals surface area (Å²) in [6.07, 6.45) is 4.44. The van der Waals surface area contributed by atoms with Crippen molar-refractivity contribution in [3.05, 3.63) is 69.6 Å². The van der Waals surface area contributed by atoms with Crippen LogP contribution in [0.15, 0.2) is 47.6 Å². The molecule has 1 unspecified atom stereocenters. The Labute approximate surface area is 167 Å². The van der Waals surface area contributed by atoms with E-state index < -0.39 is 0 Å². The van der Waals surface area contributed by atoms with Gasteiger partial charge in [0.25, 0.3) is 0 Å². The van der Waals surface area contributed by atoms with Gasteiger partial charge in [-0.2, -0.15) is 0 Å². The molecular formula is C22H29N5O. The number of fused-ring (bicyclic) bond motifs is 1. The second-order valence-corrected chi connectivity index (χ2v) is 7.37. The van der Waals surface area contributed by atoms with E-state index in [1.54, 1.807) is 0 Å². The molecule has 0 spiro atoms. The highest BCUT2D eigenvalue weighted by Gasteiger charge is 2.22. The van der Waals surface area contributed by atoms with Gasteiger partial charge in [-0.25, -0.2) is 0 Å². The maximum atomic E-state index is 8.30. The first-order valence-corrected chi connectivity index (χ1v) is 9.93. The van der Waals surface area contributed by atoms with Crippen LogP contribution in [0.3, 0.4) is 0 Å². The number of azide groups is 1. The minimum absolute atomic E-state index is 0.357. The average molecular weight is 380 g/mol. The highest BCUT2D eigenvalue weighted by Crippen LogP contribution is 2.33. The molecule has 148 valence electrons. The summed E-state index contributed by atoms with van der Waals surface area (Å²) in [4.78, 5) is 4.86. The van der Waals surface area contributed by atoms with Crippen molar-refractivity contribution in [3.63, 3.8) is 0 Å². The topological polar surface area (TPSA) is 73.3 Å². The number of aryl methyl sites for hydroxylation is 2. The summed E-state index contributed by atoms with van der Waals surface area (Å²) in [5.74, 6) is 0.855. The number of nitrogens with zero attached hydrogens (tertiary/aromatic N) is 4. The van der Waals surface area contributed by atoms with Gasteiger partial charge < -0.3 is 15.0 Å². The van der Waals surface area contributed by atoms with Crippen LogP contribution in [0.25, 0.3) is 10.4 Å². The Morgan fingerprint density at radius 1 is 1.21 bits per heavy atom. The number of hydrogen-bond donors (Lipinski definition) is 1. The van der Waals surface area contributed by atoms with E-state index in [-0.39, 0.29) is 0 Å². The monoisotopic (exact) mass is 379 g/mol. The molecule has 0 amide bonds. The largest absolute Gasteiger partial charge is 0.493 e. The molecule has 1 atom stereocenters. The minimum atomic E-state index is 0.357. The van der Waals surface area contributed by atoms with E-state index in [4.69, 9.17) is 10.3 Å². The lowest BCUT2D eigenvalue weighted by Crippen LogP contribution is -2.20. The standard InChI is InChI=1S/C22H29N5O/c1-27(2)19-8-5-17(6-9-19)4-3-13-24-22-12-7-18-16-20(10-11-21(18)22)28-15-14-25-26-23/h5-6,8-11,16,22,24H,3-4,7,12-15H2,1-2H3. The van der Waals surface area contributed by atoms with Gasteiger partial charge in [-0.3, -0.25) is 0 Å². The zero-order valence-corrected chi connectivity index (χ0v) is 16.8. The van der Waals surface area contributed by atoms with Crippen molar-refractivity contribution in [3.8, 4) is 5.75 Å². The number of ether oxygens (including phenoxy) is 1. The van der Waals surface area contributed by atoms with Gasteiger partial charge in [0.05, 0.1) is 13.2 Å². The highest BCUT2D eigenvalue weighted by atomic mass is 16.5. The Balaban J connectivity index is 1.43. The molecule has 2 aromatic rings. The molecule has 0 heterocycles. The predicted octanol–water partition coefficient (Wildman–Crippen LogP) is 4.65. The molecule has 6 heteroatoms. The van der Waals surface area contributed by atoms with E-state index >= 15 is 0 Å². The predicted molar refractivity (Wildman–Crippen MR) is 114 cm³/mol. The third kappa shape index (κ3) is 5.41. The van der Waals surface area contributed by atoms with Gasteiger partial charge >= 0.3 is 0 Å². The number of hydrogen-bond acceptors (Lipinski definition) is 4. The summed E-state index contributed by atoms with van der Waals surface area (Å²) >= 11 is 0. The lowest BCUT2D eigenvalue weighted by Gasteiger charge is -2.15. The van der Waals surface area contributed by atoms with Crippen molar-refractivity contribution < 1.29 is 4.74 Å². The van der Waals surface area contributed by atoms with Crippen LogP contribution in [0.5, 0.6) is 5.75 Å². The fourth-order valence-electron chi connectivity index (χ4n) is 3.67. The molecule has 0 saturated heterocycles. The van der Waals surface area contributed by atoms with E-state index in [2.05, 4.69) is 70.7 Å². The molecule has 0 aliphatic heterocycles. The van der Waals surface area contributed by atoms with Gasteiger partial charge in [0.15, 0.2) is 0 Å². The van der Waals surface area contributed by atoms with Crippen molar-refractivity contribution in [1.82, 2.24) is 5.32 Å². The number of benzene rings is 2. The first-order valence-electron chi connectivity index (χ1n) is 9.93. The molecule has 2 aromatic carbocycles. The molecular weight excluding hydrogens is 350 g/mol. The first-order chi connectivity index (χ1) is 13.7. The van der Waals surface area contributed by atoms with E-state index in [0.717, 1.165) is 38.0 Å². The number of anilines is 1. The van der Waals surface area contributed by atoms with Crippen LogP contribution in [0.1, 0.15) is 35.6 Å². The molecule has 0 saturated carbocycles. The zero-order valence-electron chi connectivity index (χ0n) is 16.8. The summed E-state index contributed by atoms with van der Waals surface area (Å²) < 4.78 is 5.65. The van der Waals surface area contributed by atoms with Gasteiger partial charge in [0.2, 0.25) is 0 Å². The zero-order chi connectivity index (χ0) is 19.8. The summed E-state index contributed by atoms with van der Waals surface area (Å²) in [6, 6.07) is 15.6. The average Bonchev–Trinajstić information content (AvgIpc) is 3.11. The second kappa shape index (κ2) is 10.0. The van der Waals surface area contributed by atoms with Gasteiger partial charge in [0, 0.05) is 30.7 Å². The lowest BCUT2D eigenvalue weighted by molar-refractivity contribution is 0.328. The van der Waals surface area contributed by atoms with Crippen LogP contribution < -0.4 is 15.0 Å². The van der Waals surface area contributed by atoms with Gasteiger partial charge in [-0.05, 0) is 78.7 Å². The van der Waals surface area contributed by atoms with Crippen LogP contribution in [-0.2, 0) is 12.8 Å². The van der Waals surface area contributed by atoms with Gasteiger partial charge in [-0.1, -0.05) is 23.3 Å². The molecule has 1 N–H and O–H groups in total. The fourth-order valence-corrected chi connectivity index (χ4v) is 3.67. The highest BCUT2D eigenvalue weighted by molar-refractivity contribution is 5.46. The molecule has 0 aromatic heterocycles. The normalized spacial score (nSPS) is 15.0. The number of rotatable bonds is 10. The van der Waals surface area contributed by atoms with Crippen LogP contribution >= 0.6 is 0 Å². The molecule has 0 radical (unpaired) electrons. The summed E-state index contributed by atoms with van der Waals surface area (Å²) in [7, 11) is 4.13. The molecule has 0 bridgehead atoms. The van der Waals surface area contributed by atoms with E-state index in [1.165, 1.54) is 22.4 Å². The van der Waals surface area contributed by atoms with Crippen molar-refractivity contribution >= 4 is 5.69 Å². The third-order valence-electron chi connectivity index (χ3n) is 5.20. The molecule has 3 rings (SSSR count). The fraction of sp³-hybridized carbons (Fsp3) is 0.455. The SMILES string of the molecule is CN(C)c1ccc(CCCNC2CCc3cc(OCCN=[N+]=[N-])ccc32)cc1. The third-order valence-corrected chi connectivity index (χ3v) is 5.20. The summed E-state index contributed by atoms with van der Waals surface area (Å²) in [6.45, 7) is 1.79. The van der Waals surface area contributed by atoms with Gasteiger partial charge in [0.1, 0.15) is 5.75 Å². The van der Waals surface area contributed by atoms with Gasteiger partial charge in [-0.15, -0.1) is 0 Å². The number of nitrogens with one attached hydrogen (secondary N) is 1. The Morgan fingerprint density at radius 3 is 2.79 bits per heavy atom. The Bertz CT molecular complexity index is 812. The van der Waals surface area contributed by atoms with Crippen LogP contribution in [0.2, 0.25) is 0 Å². The van der Waals surface area contributed by atoms with Crippen LogP contribution in [0, 0.1) is 0 Å². The Hall–Kier alpha value is -2.69. The van der Waals surface area contributed by atoms with E-state index in [9.17, 15) is 0 Å². The van der Waals surface area contributed by atoms with Crippen LogP contribution in [-0.4, -0.2) is 33.8 Å². The Morgan fingerprint density at radius 2 is 2.04 bits per heavy atom. The van der Waals surface area contributed by atoms with E-state index in [0.29, 0.717) is 19.2 Å². The molecule has 28 heavy (non-hydrogen) atoms. The van der Waals surface area contributed by atoms with E-state index in [1.807, 2.05) is 6.07 Å². The maximum absolute atomic E-state index is 8.30. The van der Waals surface area contributed by atoms with Crippen molar-refractivity contribution in [2.24, 2.45) is 5.11 Å². The molecule has 0 fully saturated rings. The smallest absolute Gasteiger partial charge is 0.119 e. The minimum Gasteiger partial charge on any atom is -0.493 e. The van der Waals surface area contributed by atoms with Crippen molar-refractivity contribution in [1.29, 1.82) is 0 Å². The summed E-state index contributed by atoms with van der Waals surface area (Å²) in [5, 5.41) is 7.20. The summed E-state index contributed by atoms with van der Waals surface area (Å²) in [5.41, 5.74) is 13.7. The first kappa shape index (κ1) is 20.1. The van der Waals surface area contributed by atoms with Crippen molar-refractivity contribution in [2.75, 3.05) is 38.7 Å². The Kier molecular flexibility index (Phi) is 7.18. The quantitative estimate of drug-likeness (QED) is 0.283. The molecule has 1 aliphatic rings.